The number of hydrogen-bond acceptors (Lipinski definition) is 5. The van der Waals surface area contributed by atoms with Crippen LogP contribution >= 0.6 is 0 Å². The summed E-state index contributed by atoms with van der Waals surface area (Å²) in [6, 6.07) is 11.1. The van der Waals surface area contributed by atoms with E-state index in [-0.39, 0.29) is 5.91 Å². The summed E-state index contributed by atoms with van der Waals surface area (Å²) < 4.78 is 16.3. The summed E-state index contributed by atoms with van der Waals surface area (Å²) in [6.07, 6.45) is 1.95. The molecule has 1 N–H and O–H groups in total. The zero-order valence-electron chi connectivity index (χ0n) is 19.0. The largest absolute Gasteiger partial charge is 0.493 e. The Morgan fingerprint density at radius 3 is 2.42 bits per heavy atom. The number of methoxy groups -OCH3 is 1. The van der Waals surface area contributed by atoms with Crippen LogP contribution in [0.2, 0.25) is 0 Å². The molecule has 0 aromatic heterocycles. The molecule has 6 nitrogen and oxygen atoms in total. The van der Waals surface area contributed by atoms with E-state index in [1.807, 2.05) is 38.1 Å². The fraction of sp³-hybridized carbons (Fsp3) is 0.360. The zero-order chi connectivity index (χ0) is 23.0. The van der Waals surface area contributed by atoms with E-state index in [1.165, 1.54) is 13.0 Å². The Morgan fingerprint density at radius 1 is 1.03 bits per heavy atom. The van der Waals surface area contributed by atoms with Crippen molar-refractivity contribution < 1.29 is 23.8 Å². The van der Waals surface area contributed by atoms with Gasteiger partial charge >= 0.3 is 5.97 Å². The molecule has 31 heavy (non-hydrogen) atoms. The number of hydrogen-bond donors (Lipinski definition) is 1. The number of benzene rings is 2. The maximum atomic E-state index is 12.3. The van der Waals surface area contributed by atoms with Gasteiger partial charge in [0.2, 0.25) is 0 Å². The zero-order valence-corrected chi connectivity index (χ0v) is 19.0. The van der Waals surface area contributed by atoms with Crippen molar-refractivity contribution in [3.63, 3.8) is 0 Å². The standard InChI is InChI=1S/C25H31NO5/c1-16(2)15-30-22-11-8-20(14-23(22)29-6)9-12-24(27)31-19(5)25(28)26-21-10-7-17(3)13-18(21)4/h7-14,16,19H,15H2,1-6H3,(H,26,28)/b12-9+/t19-/m0/s1. The van der Waals surface area contributed by atoms with Crippen molar-refractivity contribution in [2.45, 2.75) is 40.7 Å². The van der Waals surface area contributed by atoms with E-state index in [0.717, 1.165) is 16.7 Å². The van der Waals surface area contributed by atoms with E-state index in [1.54, 1.807) is 25.3 Å². The highest BCUT2D eigenvalue weighted by Gasteiger charge is 2.17. The van der Waals surface area contributed by atoms with Crippen molar-refractivity contribution in [1.82, 2.24) is 0 Å². The Morgan fingerprint density at radius 2 is 1.77 bits per heavy atom. The van der Waals surface area contributed by atoms with E-state index >= 15 is 0 Å². The second kappa shape index (κ2) is 11.2. The van der Waals surface area contributed by atoms with Crippen LogP contribution in [0, 0.1) is 19.8 Å². The van der Waals surface area contributed by atoms with Gasteiger partial charge < -0.3 is 19.5 Å². The maximum absolute atomic E-state index is 12.3. The third kappa shape index (κ3) is 7.48. The summed E-state index contributed by atoms with van der Waals surface area (Å²) in [7, 11) is 1.56. The van der Waals surface area contributed by atoms with E-state index < -0.39 is 12.1 Å². The predicted molar refractivity (Wildman–Crippen MR) is 122 cm³/mol. The minimum absolute atomic E-state index is 0.387. The summed E-state index contributed by atoms with van der Waals surface area (Å²) in [6.45, 7) is 10.2. The summed E-state index contributed by atoms with van der Waals surface area (Å²) in [5, 5.41) is 2.79. The first-order chi connectivity index (χ1) is 14.7. The van der Waals surface area contributed by atoms with Gasteiger partial charge in [-0.15, -0.1) is 0 Å². The molecule has 1 amide bonds. The van der Waals surface area contributed by atoms with Gasteiger partial charge in [0.1, 0.15) is 0 Å². The molecule has 0 saturated heterocycles. The maximum Gasteiger partial charge on any atom is 0.331 e. The lowest BCUT2D eigenvalue weighted by atomic mass is 10.1. The number of aryl methyl sites for hydroxylation is 2. The van der Waals surface area contributed by atoms with Crippen molar-refractivity contribution >= 4 is 23.6 Å². The molecule has 0 unspecified atom stereocenters. The molecule has 2 aromatic rings. The van der Waals surface area contributed by atoms with Crippen molar-refractivity contribution in [2.24, 2.45) is 5.92 Å². The summed E-state index contributed by atoms with van der Waals surface area (Å²) >= 11 is 0. The van der Waals surface area contributed by atoms with Gasteiger partial charge in [-0.2, -0.15) is 0 Å². The van der Waals surface area contributed by atoms with Gasteiger partial charge in [-0.1, -0.05) is 37.6 Å². The van der Waals surface area contributed by atoms with E-state index in [2.05, 4.69) is 19.2 Å². The molecule has 1 atom stereocenters. The van der Waals surface area contributed by atoms with E-state index in [4.69, 9.17) is 14.2 Å². The molecule has 0 saturated carbocycles. The number of carbonyl (C=O) groups is 2. The number of amides is 1. The second-order valence-electron chi connectivity index (χ2n) is 7.84. The minimum atomic E-state index is -0.931. The van der Waals surface area contributed by atoms with Crippen molar-refractivity contribution in [3.05, 3.63) is 59.2 Å². The summed E-state index contributed by atoms with van der Waals surface area (Å²) in [4.78, 5) is 24.5. The van der Waals surface area contributed by atoms with Crippen LogP contribution in [0.3, 0.4) is 0 Å². The van der Waals surface area contributed by atoms with Crippen molar-refractivity contribution in [3.8, 4) is 11.5 Å². The third-order valence-electron chi connectivity index (χ3n) is 4.47. The third-order valence-corrected chi connectivity index (χ3v) is 4.47. The van der Waals surface area contributed by atoms with Crippen LogP contribution in [0.4, 0.5) is 5.69 Å². The molecule has 0 aliphatic heterocycles. The fourth-order valence-corrected chi connectivity index (χ4v) is 2.78. The van der Waals surface area contributed by atoms with Crippen molar-refractivity contribution in [2.75, 3.05) is 19.0 Å². The Balaban J connectivity index is 1.95. The molecule has 0 aliphatic rings. The molecule has 0 fully saturated rings. The number of ether oxygens (including phenoxy) is 3. The average molecular weight is 426 g/mol. The van der Waals surface area contributed by atoms with Crippen LogP contribution < -0.4 is 14.8 Å². The van der Waals surface area contributed by atoms with Gasteiger partial charge in [0, 0.05) is 11.8 Å². The first-order valence-corrected chi connectivity index (χ1v) is 10.3. The number of carbonyl (C=O) groups excluding carboxylic acids is 2. The molecule has 0 spiro atoms. The second-order valence-corrected chi connectivity index (χ2v) is 7.84. The molecular formula is C25H31NO5. The number of esters is 1. The smallest absolute Gasteiger partial charge is 0.331 e. The molecule has 6 heteroatoms. The van der Waals surface area contributed by atoms with Gasteiger partial charge in [-0.25, -0.2) is 4.79 Å². The number of anilines is 1. The van der Waals surface area contributed by atoms with Gasteiger partial charge in [0.25, 0.3) is 5.91 Å². The van der Waals surface area contributed by atoms with E-state index in [0.29, 0.717) is 29.7 Å². The Kier molecular flexibility index (Phi) is 8.67. The normalized spacial score (nSPS) is 12.0. The lowest BCUT2D eigenvalue weighted by molar-refractivity contribution is -0.148. The first-order valence-electron chi connectivity index (χ1n) is 10.3. The molecule has 2 aromatic carbocycles. The lowest BCUT2D eigenvalue weighted by Gasteiger charge is -2.14. The lowest BCUT2D eigenvalue weighted by Crippen LogP contribution is -2.29. The first kappa shape index (κ1) is 24.0. The highest BCUT2D eigenvalue weighted by Crippen LogP contribution is 2.29. The summed E-state index contributed by atoms with van der Waals surface area (Å²) in [5.41, 5.74) is 3.50. The van der Waals surface area contributed by atoms with Gasteiger partial charge in [0.05, 0.1) is 13.7 Å². The Hall–Kier alpha value is -3.28. The van der Waals surface area contributed by atoms with Crippen LogP contribution in [0.5, 0.6) is 11.5 Å². The Labute approximate surface area is 184 Å². The van der Waals surface area contributed by atoms with Crippen LogP contribution in [-0.4, -0.2) is 31.7 Å². The van der Waals surface area contributed by atoms with Crippen molar-refractivity contribution in [1.29, 1.82) is 0 Å². The monoisotopic (exact) mass is 425 g/mol. The number of rotatable bonds is 9. The molecule has 0 aliphatic carbocycles. The molecular weight excluding hydrogens is 394 g/mol. The fourth-order valence-electron chi connectivity index (χ4n) is 2.78. The van der Waals surface area contributed by atoms with Gasteiger partial charge in [0.15, 0.2) is 17.6 Å². The highest BCUT2D eigenvalue weighted by atomic mass is 16.5. The molecule has 0 bridgehead atoms. The number of nitrogens with one attached hydrogen (secondary N) is 1. The molecule has 0 heterocycles. The minimum Gasteiger partial charge on any atom is -0.493 e. The SMILES string of the molecule is COc1cc(/C=C/C(=O)O[C@@H](C)C(=O)Nc2ccc(C)cc2C)ccc1OCC(C)C. The van der Waals surface area contributed by atoms with Crippen LogP contribution in [-0.2, 0) is 14.3 Å². The van der Waals surface area contributed by atoms with Crippen LogP contribution in [0.1, 0.15) is 37.5 Å². The molecule has 2 rings (SSSR count). The quantitative estimate of drug-likeness (QED) is 0.455. The highest BCUT2D eigenvalue weighted by molar-refractivity contribution is 5.97. The predicted octanol–water partition coefficient (Wildman–Crippen LogP) is 4.93. The van der Waals surface area contributed by atoms with Crippen LogP contribution in [0.15, 0.2) is 42.5 Å². The van der Waals surface area contributed by atoms with Crippen LogP contribution in [0.25, 0.3) is 6.08 Å². The average Bonchev–Trinajstić information content (AvgIpc) is 2.72. The molecule has 166 valence electrons. The van der Waals surface area contributed by atoms with E-state index in [9.17, 15) is 9.59 Å². The Bertz CT molecular complexity index is 949. The molecule has 0 radical (unpaired) electrons. The van der Waals surface area contributed by atoms with Gasteiger partial charge in [-0.3, -0.25) is 4.79 Å². The summed E-state index contributed by atoms with van der Waals surface area (Å²) in [5.74, 6) is 0.627. The topological polar surface area (TPSA) is 73.9 Å². The van der Waals surface area contributed by atoms with Gasteiger partial charge in [-0.05, 0) is 62.1 Å².